The zero-order valence-corrected chi connectivity index (χ0v) is 24.4. The van der Waals surface area contributed by atoms with Gasteiger partial charge < -0.3 is 32.8 Å². The Bertz CT molecular complexity index is 1580. The number of benzene rings is 2. The zero-order valence-electron chi connectivity index (χ0n) is 24.4. The molecule has 42 heavy (non-hydrogen) atoms. The van der Waals surface area contributed by atoms with Crippen LogP contribution < -0.4 is 29.1 Å². The molecule has 1 aromatic heterocycles. The largest absolute Gasteiger partial charge is 0.492 e. The topological polar surface area (TPSA) is 154 Å². The number of carbonyl (C=O) groups is 4. The van der Waals surface area contributed by atoms with Crippen molar-refractivity contribution in [3.8, 4) is 40.1 Å². The summed E-state index contributed by atoms with van der Waals surface area (Å²) in [5.74, 6) is -2.78. The highest BCUT2D eigenvalue weighted by atomic mass is 16.6. The van der Waals surface area contributed by atoms with Crippen molar-refractivity contribution in [2.24, 2.45) is 5.92 Å². The summed E-state index contributed by atoms with van der Waals surface area (Å²) in [5, 5.41) is -0.110. The zero-order chi connectivity index (χ0) is 31.1. The lowest BCUT2D eigenvalue weighted by Crippen LogP contribution is -2.15. The molecule has 0 fully saturated rings. The molecule has 3 rings (SSSR count). The predicted octanol–water partition coefficient (Wildman–Crippen LogP) is 4.38. The van der Waals surface area contributed by atoms with E-state index in [9.17, 15) is 24.0 Å². The van der Waals surface area contributed by atoms with Gasteiger partial charge >= 0.3 is 23.9 Å². The fourth-order valence-corrected chi connectivity index (χ4v) is 4.22. The highest BCUT2D eigenvalue weighted by Gasteiger charge is 2.27. The number of methoxy groups -OCH3 is 2. The number of hydrogen-bond acceptors (Lipinski definition) is 12. The molecule has 0 aliphatic rings. The lowest BCUT2D eigenvalue weighted by atomic mass is 9.98. The normalized spacial score (nSPS) is 11.4. The molecule has 0 radical (unpaired) electrons. The molecule has 1 unspecified atom stereocenters. The second kappa shape index (κ2) is 13.7. The summed E-state index contributed by atoms with van der Waals surface area (Å²) in [6.45, 7) is 7.04. The van der Waals surface area contributed by atoms with Gasteiger partial charge in [-0.05, 0) is 42.5 Å². The van der Waals surface area contributed by atoms with Crippen LogP contribution in [0.4, 0.5) is 0 Å². The van der Waals surface area contributed by atoms with E-state index in [1.165, 1.54) is 53.2 Å². The van der Waals surface area contributed by atoms with E-state index in [0.717, 1.165) is 6.92 Å². The Hall–Kier alpha value is -4.87. The van der Waals surface area contributed by atoms with Gasteiger partial charge in [0.2, 0.25) is 16.9 Å². The van der Waals surface area contributed by atoms with Gasteiger partial charge in [0, 0.05) is 39.3 Å². The molecule has 0 saturated heterocycles. The van der Waals surface area contributed by atoms with Crippen molar-refractivity contribution in [3.05, 3.63) is 40.1 Å². The summed E-state index contributed by atoms with van der Waals surface area (Å²) in [4.78, 5) is 60.5. The second-order valence-electron chi connectivity index (χ2n) is 9.45. The molecule has 12 heteroatoms. The van der Waals surface area contributed by atoms with Crippen LogP contribution in [0, 0.1) is 5.92 Å². The van der Waals surface area contributed by atoms with Gasteiger partial charge in [-0.1, -0.05) is 6.92 Å². The molecule has 2 aromatic carbocycles. The number of carbonyl (C=O) groups excluding carboxylic acids is 4. The molecular weight excluding hydrogens is 552 g/mol. The molecule has 0 bridgehead atoms. The van der Waals surface area contributed by atoms with E-state index < -0.39 is 29.1 Å². The quantitative estimate of drug-likeness (QED) is 0.232. The Morgan fingerprint density at radius 2 is 1.40 bits per heavy atom. The van der Waals surface area contributed by atoms with Crippen molar-refractivity contribution in [1.29, 1.82) is 0 Å². The van der Waals surface area contributed by atoms with Crippen molar-refractivity contribution in [2.45, 2.75) is 47.5 Å². The van der Waals surface area contributed by atoms with Gasteiger partial charge in [-0.3, -0.25) is 24.0 Å². The smallest absolute Gasteiger partial charge is 0.308 e. The number of aryl methyl sites for hydroxylation is 1. The Morgan fingerprint density at radius 3 is 1.98 bits per heavy atom. The van der Waals surface area contributed by atoms with Crippen molar-refractivity contribution in [3.63, 3.8) is 0 Å². The third kappa shape index (κ3) is 7.45. The maximum atomic E-state index is 13.8. The lowest BCUT2D eigenvalue weighted by molar-refractivity contribution is -0.142. The number of hydrogen-bond donors (Lipinski definition) is 0. The maximum absolute atomic E-state index is 13.8. The van der Waals surface area contributed by atoms with Crippen molar-refractivity contribution < 1.29 is 52.0 Å². The second-order valence-corrected chi connectivity index (χ2v) is 9.45. The molecule has 1 atom stereocenters. The molecular formula is C30H32O12. The molecule has 0 saturated carbocycles. The van der Waals surface area contributed by atoms with E-state index in [0.29, 0.717) is 24.0 Å². The van der Waals surface area contributed by atoms with E-state index in [-0.39, 0.29) is 58.2 Å². The number of rotatable bonds is 11. The number of ether oxygens (including phenoxy) is 6. The standard InChI is InChI=1S/C30H32O12/c1-15(14-38-16(2)31)8-9-20-12-21(10-11-22(20)39-17(3)32)27-30(41-19(5)34)26(35)25-23(42-27)13-24(40-18(4)33)28(36-6)29(25)37-7/h10-13,15H,8-9,14H2,1-7H3. The molecule has 0 amide bonds. The lowest BCUT2D eigenvalue weighted by Gasteiger charge is -2.17. The molecule has 0 spiro atoms. The van der Waals surface area contributed by atoms with Gasteiger partial charge in [0.05, 0.1) is 20.8 Å². The summed E-state index contributed by atoms with van der Waals surface area (Å²) in [6.07, 6.45) is 0.966. The molecule has 0 aliphatic carbocycles. The predicted molar refractivity (Wildman–Crippen MR) is 149 cm³/mol. The summed E-state index contributed by atoms with van der Waals surface area (Å²) in [5.41, 5.74) is 0.126. The monoisotopic (exact) mass is 584 g/mol. The van der Waals surface area contributed by atoms with Crippen LogP contribution in [0.2, 0.25) is 0 Å². The van der Waals surface area contributed by atoms with E-state index >= 15 is 0 Å². The van der Waals surface area contributed by atoms with Crippen LogP contribution in [0.5, 0.6) is 28.7 Å². The molecule has 0 N–H and O–H groups in total. The number of fused-ring (bicyclic) bond motifs is 1. The summed E-state index contributed by atoms with van der Waals surface area (Å²) in [6, 6.07) is 6.01. The minimum absolute atomic E-state index is 0.0138. The van der Waals surface area contributed by atoms with Crippen LogP contribution in [0.3, 0.4) is 0 Å². The van der Waals surface area contributed by atoms with Gasteiger partial charge in [0.25, 0.3) is 0 Å². The fraction of sp³-hybridized carbons (Fsp3) is 0.367. The third-order valence-corrected chi connectivity index (χ3v) is 5.98. The summed E-state index contributed by atoms with van der Waals surface area (Å²) in [7, 11) is 2.59. The SMILES string of the molecule is COc1c(OC(C)=O)cc2oc(-c3ccc(OC(C)=O)c(CCC(C)COC(C)=O)c3)c(OC(C)=O)c(=O)c2c1OC. The fourth-order valence-electron chi connectivity index (χ4n) is 4.22. The Balaban J connectivity index is 2.26. The van der Waals surface area contributed by atoms with Crippen LogP contribution >= 0.6 is 0 Å². The highest BCUT2D eigenvalue weighted by Crippen LogP contribution is 2.45. The highest BCUT2D eigenvalue weighted by molar-refractivity contribution is 5.93. The number of esters is 4. The van der Waals surface area contributed by atoms with Crippen LogP contribution in [0.1, 0.15) is 46.6 Å². The summed E-state index contributed by atoms with van der Waals surface area (Å²) < 4.78 is 37.9. The molecule has 12 nitrogen and oxygen atoms in total. The minimum Gasteiger partial charge on any atom is -0.492 e. The van der Waals surface area contributed by atoms with E-state index in [2.05, 4.69) is 0 Å². The van der Waals surface area contributed by atoms with E-state index in [1.807, 2.05) is 6.92 Å². The average Bonchev–Trinajstić information content (AvgIpc) is 2.91. The van der Waals surface area contributed by atoms with Crippen LogP contribution in [-0.4, -0.2) is 44.7 Å². The van der Waals surface area contributed by atoms with Crippen molar-refractivity contribution in [1.82, 2.24) is 0 Å². The first kappa shape index (κ1) is 31.7. The maximum Gasteiger partial charge on any atom is 0.308 e. The van der Waals surface area contributed by atoms with Crippen LogP contribution in [0.15, 0.2) is 33.5 Å². The Morgan fingerprint density at radius 1 is 0.786 bits per heavy atom. The molecule has 3 aromatic rings. The van der Waals surface area contributed by atoms with Crippen molar-refractivity contribution >= 4 is 34.8 Å². The average molecular weight is 585 g/mol. The van der Waals surface area contributed by atoms with Crippen LogP contribution in [-0.2, 0) is 30.3 Å². The van der Waals surface area contributed by atoms with Gasteiger partial charge in [-0.15, -0.1) is 0 Å². The van der Waals surface area contributed by atoms with Crippen molar-refractivity contribution in [2.75, 3.05) is 20.8 Å². The van der Waals surface area contributed by atoms with Crippen LogP contribution in [0.25, 0.3) is 22.3 Å². The first-order valence-electron chi connectivity index (χ1n) is 12.9. The van der Waals surface area contributed by atoms with Gasteiger partial charge in [-0.2, -0.15) is 0 Å². The first-order valence-corrected chi connectivity index (χ1v) is 12.9. The van der Waals surface area contributed by atoms with Gasteiger partial charge in [0.15, 0.2) is 17.3 Å². The summed E-state index contributed by atoms with van der Waals surface area (Å²) >= 11 is 0. The van der Waals surface area contributed by atoms with Gasteiger partial charge in [-0.25, -0.2) is 0 Å². The Kier molecular flexibility index (Phi) is 10.3. The first-order chi connectivity index (χ1) is 19.9. The van der Waals surface area contributed by atoms with E-state index in [1.54, 1.807) is 6.07 Å². The minimum atomic E-state index is -0.776. The van der Waals surface area contributed by atoms with Gasteiger partial charge in [0.1, 0.15) is 16.7 Å². The molecule has 224 valence electrons. The Labute approximate surface area is 241 Å². The van der Waals surface area contributed by atoms with E-state index in [4.69, 9.17) is 32.8 Å². The molecule has 0 aliphatic heterocycles. The third-order valence-electron chi connectivity index (χ3n) is 5.98. The molecule has 1 heterocycles.